The fraction of sp³-hybridized carbons (Fsp3) is 0.714. The summed E-state index contributed by atoms with van der Waals surface area (Å²) in [7, 11) is 3.80. The van der Waals surface area contributed by atoms with E-state index in [0.717, 1.165) is 31.4 Å². The fourth-order valence-electron chi connectivity index (χ4n) is 2.88. The lowest BCUT2D eigenvalue weighted by atomic mass is 10.1. The lowest BCUT2D eigenvalue weighted by Gasteiger charge is -2.47. The van der Waals surface area contributed by atoms with Crippen molar-refractivity contribution in [3.63, 3.8) is 0 Å². The first kappa shape index (κ1) is 13.7. The van der Waals surface area contributed by atoms with Gasteiger partial charge in [0, 0.05) is 58.1 Å². The van der Waals surface area contributed by atoms with Crippen LogP contribution in [0.25, 0.3) is 0 Å². The molecule has 6 heteroatoms. The van der Waals surface area contributed by atoms with Gasteiger partial charge in [-0.25, -0.2) is 4.98 Å². The largest absolute Gasteiger partial charge is 0.467 e. The third-order valence-corrected chi connectivity index (χ3v) is 4.25. The second-order valence-corrected chi connectivity index (χ2v) is 5.72. The van der Waals surface area contributed by atoms with Crippen LogP contribution in [0.2, 0.25) is 0 Å². The maximum absolute atomic E-state index is 5.06. The molecule has 0 atom stereocenters. The Bertz CT molecular complexity index is 441. The summed E-state index contributed by atoms with van der Waals surface area (Å²) < 4.78 is 5.06. The van der Waals surface area contributed by atoms with Crippen LogP contribution in [-0.4, -0.2) is 84.1 Å². The van der Waals surface area contributed by atoms with E-state index in [-0.39, 0.29) is 0 Å². The second kappa shape index (κ2) is 6.03. The Balaban J connectivity index is 1.46. The minimum absolute atomic E-state index is 0.457. The summed E-state index contributed by atoms with van der Waals surface area (Å²) in [5, 5.41) is 0. The molecule has 0 saturated carbocycles. The van der Waals surface area contributed by atoms with Crippen molar-refractivity contribution in [3.05, 3.63) is 18.0 Å². The molecule has 3 heterocycles. The van der Waals surface area contributed by atoms with E-state index in [1.807, 2.05) is 6.07 Å². The van der Waals surface area contributed by atoms with Crippen LogP contribution in [0.5, 0.6) is 6.01 Å². The van der Waals surface area contributed by atoms with Crippen molar-refractivity contribution in [1.82, 2.24) is 24.7 Å². The minimum atomic E-state index is 0.457. The molecule has 0 unspecified atom stereocenters. The number of likely N-dealkylation sites (tertiary alicyclic amines) is 1. The number of aromatic nitrogens is 2. The fourth-order valence-corrected chi connectivity index (χ4v) is 2.88. The van der Waals surface area contributed by atoms with Gasteiger partial charge < -0.3 is 9.64 Å². The van der Waals surface area contributed by atoms with Crippen LogP contribution in [0.15, 0.2) is 12.3 Å². The summed E-state index contributed by atoms with van der Waals surface area (Å²) in [6.07, 6.45) is 1.76. The molecule has 110 valence electrons. The van der Waals surface area contributed by atoms with Gasteiger partial charge in [0.1, 0.15) is 0 Å². The second-order valence-electron chi connectivity index (χ2n) is 5.72. The van der Waals surface area contributed by atoms with E-state index in [9.17, 15) is 0 Å². The number of methoxy groups -OCH3 is 1. The SMILES string of the molecule is COc1nccc(CN2CC(N3CCN(C)CC3)C2)n1. The van der Waals surface area contributed by atoms with Crippen LogP contribution >= 0.6 is 0 Å². The van der Waals surface area contributed by atoms with E-state index in [4.69, 9.17) is 4.74 Å². The molecule has 0 bridgehead atoms. The molecular formula is C14H23N5O. The minimum Gasteiger partial charge on any atom is -0.467 e. The Kier molecular flexibility index (Phi) is 4.14. The zero-order valence-electron chi connectivity index (χ0n) is 12.3. The van der Waals surface area contributed by atoms with E-state index in [0.29, 0.717) is 6.01 Å². The predicted molar refractivity (Wildman–Crippen MR) is 76.7 cm³/mol. The Hall–Kier alpha value is -1.24. The summed E-state index contributed by atoms with van der Waals surface area (Å²) in [4.78, 5) is 15.9. The van der Waals surface area contributed by atoms with Crippen molar-refractivity contribution in [3.8, 4) is 6.01 Å². The molecule has 2 aliphatic rings. The number of ether oxygens (including phenoxy) is 1. The molecule has 2 saturated heterocycles. The summed E-state index contributed by atoms with van der Waals surface area (Å²) in [6, 6.07) is 3.15. The molecule has 20 heavy (non-hydrogen) atoms. The van der Waals surface area contributed by atoms with Gasteiger partial charge in [-0.3, -0.25) is 9.80 Å². The Morgan fingerprint density at radius 1 is 1.25 bits per heavy atom. The van der Waals surface area contributed by atoms with Crippen molar-refractivity contribution in [2.24, 2.45) is 0 Å². The molecule has 1 aromatic rings. The highest BCUT2D eigenvalue weighted by Gasteiger charge is 2.32. The quantitative estimate of drug-likeness (QED) is 0.767. The van der Waals surface area contributed by atoms with Crippen LogP contribution < -0.4 is 4.74 Å². The molecule has 0 aromatic carbocycles. The molecule has 0 spiro atoms. The smallest absolute Gasteiger partial charge is 0.316 e. The Labute approximate surface area is 120 Å². The van der Waals surface area contributed by atoms with E-state index in [1.54, 1.807) is 13.3 Å². The summed E-state index contributed by atoms with van der Waals surface area (Å²) in [6.45, 7) is 7.99. The zero-order valence-corrected chi connectivity index (χ0v) is 12.3. The first-order valence-electron chi connectivity index (χ1n) is 7.25. The highest BCUT2D eigenvalue weighted by Crippen LogP contribution is 2.19. The van der Waals surface area contributed by atoms with Gasteiger partial charge in [-0.1, -0.05) is 0 Å². The van der Waals surface area contributed by atoms with Gasteiger partial charge in [-0.15, -0.1) is 0 Å². The lowest BCUT2D eigenvalue weighted by molar-refractivity contribution is 0.00479. The Morgan fingerprint density at radius 3 is 2.70 bits per heavy atom. The zero-order chi connectivity index (χ0) is 13.9. The highest BCUT2D eigenvalue weighted by molar-refractivity contribution is 5.06. The molecule has 2 aliphatic heterocycles. The summed E-state index contributed by atoms with van der Waals surface area (Å²) in [5.41, 5.74) is 1.04. The molecule has 2 fully saturated rings. The van der Waals surface area contributed by atoms with E-state index in [2.05, 4.69) is 31.7 Å². The maximum Gasteiger partial charge on any atom is 0.316 e. The van der Waals surface area contributed by atoms with Gasteiger partial charge in [-0.05, 0) is 13.1 Å². The van der Waals surface area contributed by atoms with Gasteiger partial charge in [0.15, 0.2) is 0 Å². The standard InChI is InChI=1S/C14H23N5O/c1-17-5-7-19(8-6-17)13-10-18(11-13)9-12-3-4-15-14(16-12)20-2/h3-4,13H,5-11H2,1-2H3. The number of rotatable bonds is 4. The van der Waals surface area contributed by atoms with Gasteiger partial charge in [-0.2, -0.15) is 4.98 Å². The highest BCUT2D eigenvalue weighted by atomic mass is 16.5. The monoisotopic (exact) mass is 277 g/mol. The molecule has 0 N–H and O–H groups in total. The van der Waals surface area contributed by atoms with Crippen LogP contribution in [0.4, 0.5) is 0 Å². The lowest BCUT2D eigenvalue weighted by Crippen LogP contribution is -2.62. The van der Waals surface area contributed by atoms with Crippen LogP contribution in [0.3, 0.4) is 0 Å². The normalized spacial score (nSPS) is 22.7. The van der Waals surface area contributed by atoms with Crippen molar-refractivity contribution in [2.45, 2.75) is 12.6 Å². The van der Waals surface area contributed by atoms with Crippen molar-refractivity contribution < 1.29 is 4.74 Å². The molecule has 1 aromatic heterocycles. The third kappa shape index (κ3) is 3.08. The van der Waals surface area contributed by atoms with Gasteiger partial charge >= 0.3 is 6.01 Å². The topological polar surface area (TPSA) is 44.7 Å². The van der Waals surface area contributed by atoms with Gasteiger partial charge in [0.25, 0.3) is 0 Å². The van der Waals surface area contributed by atoms with Crippen molar-refractivity contribution in [2.75, 3.05) is 53.4 Å². The number of likely N-dealkylation sites (N-methyl/N-ethyl adjacent to an activating group) is 1. The van der Waals surface area contributed by atoms with E-state index < -0.39 is 0 Å². The van der Waals surface area contributed by atoms with Gasteiger partial charge in [0.2, 0.25) is 0 Å². The molecule has 3 rings (SSSR count). The van der Waals surface area contributed by atoms with Crippen LogP contribution in [-0.2, 0) is 6.54 Å². The van der Waals surface area contributed by atoms with Gasteiger partial charge in [0.05, 0.1) is 12.8 Å². The average molecular weight is 277 g/mol. The molecule has 0 amide bonds. The number of hydrogen-bond acceptors (Lipinski definition) is 6. The molecule has 6 nitrogen and oxygen atoms in total. The molecular weight excluding hydrogens is 254 g/mol. The van der Waals surface area contributed by atoms with Crippen molar-refractivity contribution >= 4 is 0 Å². The first-order valence-corrected chi connectivity index (χ1v) is 7.25. The first-order chi connectivity index (χ1) is 9.74. The summed E-state index contributed by atoms with van der Waals surface area (Å²) >= 11 is 0. The average Bonchev–Trinajstić information content (AvgIpc) is 2.44. The number of hydrogen-bond donors (Lipinski definition) is 0. The third-order valence-electron chi connectivity index (χ3n) is 4.25. The summed E-state index contributed by atoms with van der Waals surface area (Å²) in [5.74, 6) is 0. The molecule has 0 radical (unpaired) electrons. The predicted octanol–water partition coefficient (Wildman–Crippen LogP) is -0.0832. The Morgan fingerprint density at radius 2 is 2.00 bits per heavy atom. The van der Waals surface area contributed by atoms with Crippen molar-refractivity contribution in [1.29, 1.82) is 0 Å². The number of nitrogens with zero attached hydrogens (tertiary/aromatic N) is 5. The molecule has 0 aliphatic carbocycles. The number of piperazine rings is 1. The van der Waals surface area contributed by atoms with Crippen LogP contribution in [0.1, 0.15) is 5.69 Å². The van der Waals surface area contributed by atoms with E-state index >= 15 is 0 Å². The van der Waals surface area contributed by atoms with Crippen LogP contribution in [0, 0.1) is 0 Å². The van der Waals surface area contributed by atoms with E-state index in [1.165, 1.54) is 26.2 Å². The maximum atomic E-state index is 5.06.